The second-order valence-electron chi connectivity index (χ2n) is 23.9. The number of carbonyl (C=O) groups is 2. The molecule has 6 aliphatic rings. The van der Waals surface area contributed by atoms with Crippen LogP contribution in [0, 0.1) is 19.8 Å². The topological polar surface area (TPSA) is 178 Å². The van der Waals surface area contributed by atoms with Crippen molar-refractivity contribution in [2.24, 2.45) is 5.92 Å². The van der Waals surface area contributed by atoms with Crippen molar-refractivity contribution in [3.63, 3.8) is 0 Å². The number of hydrogen-bond acceptors (Lipinski definition) is 14. The Bertz CT molecular complexity index is 2480. The highest BCUT2D eigenvalue weighted by atomic mass is 127. The molecule has 3 saturated carbocycles. The highest BCUT2D eigenvalue weighted by Gasteiger charge is 2.49. The van der Waals surface area contributed by atoms with E-state index in [0.29, 0.717) is 108 Å². The van der Waals surface area contributed by atoms with Gasteiger partial charge in [-0.3, -0.25) is 9.59 Å². The van der Waals surface area contributed by atoms with Gasteiger partial charge in [-0.05, 0) is 148 Å². The van der Waals surface area contributed by atoms with Gasteiger partial charge in [0.1, 0.15) is 18.8 Å². The molecule has 0 radical (unpaired) electrons. The SMILES string of the molecule is C/C(=C\c1ccc(C)c(C=O)c1)C1(O)CCC2(CC1)OCCO2.C=C(C)C1(O)CCC2(CC1)OCCO2.COc1ccc(Br)cc1C=O.Cc1ccc(CC(C)C2(O)CCC3(CC2)OCCO3)cc1COCOCC[Si](C)(C)C.I. The lowest BCUT2D eigenvalue weighted by atomic mass is 9.72. The Morgan fingerprint density at radius 2 is 1.18 bits per heavy atom. The van der Waals surface area contributed by atoms with Crippen molar-refractivity contribution in [1.82, 2.24) is 0 Å². The largest absolute Gasteiger partial charge is 0.496 e. The summed E-state index contributed by atoms with van der Waals surface area (Å²) in [6.45, 7) is 26.6. The number of aldehydes is 2. The average molecular weight is 1310 g/mol. The Labute approximate surface area is 503 Å². The van der Waals surface area contributed by atoms with E-state index in [9.17, 15) is 24.9 Å². The molecule has 3 saturated heterocycles. The summed E-state index contributed by atoms with van der Waals surface area (Å²) in [4.78, 5) is 21.5. The van der Waals surface area contributed by atoms with Crippen LogP contribution in [-0.4, -0.2) is 130 Å². The van der Waals surface area contributed by atoms with Crippen LogP contribution in [0.2, 0.25) is 25.7 Å². The maximum atomic E-state index is 11.3. The minimum atomic E-state index is -1.06. The van der Waals surface area contributed by atoms with Crippen molar-refractivity contribution in [1.29, 1.82) is 0 Å². The molecule has 80 heavy (non-hydrogen) atoms. The molecule has 0 aromatic heterocycles. The van der Waals surface area contributed by atoms with Crippen molar-refractivity contribution < 1.29 is 67.5 Å². The first-order chi connectivity index (χ1) is 37.4. The molecule has 3 aliphatic heterocycles. The molecule has 9 rings (SSSR count). The van der Waals surface area contributed by atoms with Gasteiger partial charge >= 0.3 is 0 Å². The summed E-state index contributed by atoms with van der Waals surface area (Å²) in [6, 6.07) is 18.8. The summed E-state index contributed by atoms with van der Waals surface area (Å²) in [7, 11) is 0.479. The summed E-state index contributed by atoms with van der Waals surface area (Å²) < 4.78 is 51.5. The van der Waals surface area contributed by atoms with Gasteiger partial charge in [0, 0.05) is 63.2 Å². The molecule has 446 valence electrons. The van der Waals surface area contributed by atoms with E-state index in [-0.39, 0.29) is 35.7 Å². The third kappa shape index (κ3) is 19.1. The Hall–Kier alpha value is -2.73. The molecule has 1 atom stereocenters. The molecule has 0 amide bonds. The van der Waals surface area contributed by atoms with Gasteiger partial charge in [0.15, 0.2) is 23.6 Å². The van der Waals surface area contributed by atoms with Crippen molar-refractivity contribution in [3.05, 3.63) is 116 Å². The second-order valence-corrected chi connectivity index (χ2v) is 30.4. The van der Waals surface area contributed by atoms with Crippen LogP contribution in [0.1, 0.15) is 146 Å². The number of carbonyl (C=O) groups excluding carboxylic acids is 2. The van der Waals surface area contributed by atoms with Crippen molar-refractivity contribution in [3.8, 4) is 5.75 Å². The lowest BCUT2D eigenvalue weighted by Crippen LogP contribution is -2.47. The van der Waals surface area contributed by atoms with E-state index in [0.717, 1.165) is 96.9 Å². The fraction of sp³-hybridized carbons (Fsp3) is 0.619. The van der Waals surface area contributed by atoms with Crippen molar-refractivity contribution in [2.45, 2.75) is 185 Å². The number of aliphatic hydroxyl groups is 3. The molecule has 1 unspecified atom stereocenters. The number of ether oxygens (including phenoxy) is 9. The number of benzene rings is 3. The molecule has 3 heterocycles. The zero-order valence-corrected chi connectivity index (χ0v) is 54.0. The van der Waals surface area contributed by atoms with Gasteiger partial charge in [-0.1, -0.05) is 85.5 Å². The molecular formula is C63H92BrIO14Si. The van der Waals surface area contributed by atoms with E-state index in [1.807, 2.05) is 51.1 Å². The monoisotopic (exact) mass is 1310 g/mol. The van der Waals surface area contributed by atoms with Crippen LogP contribution in [0.25, 0.3) is 6.08 Å². The van der Waals surface area contributed by atoms with E-state index in [2.05, 4.69) is 74.2 Å². The molecule has 3 aliphatic carbocycles. The predicted molar refractivity (Wildman–Crippen MR) is 328 cm³/mol. The average Bonchev–Trinajstić information content (AvgIpc) is 4.32. The summed E-state index contributed by atoms with van der Waals surface area (Å²) >= 11 is 3.25. The zero-order chi connectivity index (χ0) is 57.5. The van der Waals surface area contributed by atoms with Gasteiger partial charge in [0.25, 0.3) is 0 Å². The van der Waals surface area contributed by atoms with Crippen molar-refractivity contribution in [2.75, 3.05) is 60.2 Å². The van der Waals surface area contributed by atoms with Gasteiger partial charge in [0.05, 0.1) is 75.7 Å². The van der Waals surface area contributed by atoms with Crippen LogP contribution in [0.4, 0.5) is 0 Å². The van der Waals surface area contributed by atoms with Crippen molar-refractivity contribution >= 4 is 66.6 Å². The second kappa shape index (κ2) is 30.4. The number of aryl methyl sites for hydroxylation is 2. The molecule has 14 nitrogen and oxygen atoms in total. The molecule has 3 aromatic carbocycles. The Morgan fingerprint density at radius 1 is 0.675 bits per heavy atom. The first kappa shape index (κ1) is 68.1. The molecule has 0 bridgehead atoms. The fourth-order valence-corrected chi connectivity index (χ4v) is 12.2. The molecule has 17 heteroatoms. The summed E-state index contributed by atoms with van der Waals surface area (Å²) in [5.74, 6) is -0.518. The van der Waals surface area contributed by atoms with Crippen LogP contribution in [0.3, 0.4) is 0 Å². The highest BCUT2D eigenvalue weighted by molar-refractivity contribution is 14.0. The molecule has 3 N–H and O–H groups in total. The number of hydrogen-bond donors (Lipinski definition) is 3. The maximum Gasteiger partial charge on any atom is 0.168 e. The maximum absolute atomic E-state index is 11.3. The Kier molecular flexibility index (Phi) is 25.8. The third-order valence-corrected chi connectivity index (χ3v) is 19.1. The quantitative estimate of drug-likeness (QED) is 0.0308. The van der Waals surface area contributed by atoms with Gasteiger partial charge in [-0.25, -0.2) is 0 Å². The number of methoxy groups -OCH3 is 1. The van der Waals surface area contributed by atoms with Crippen LogP contribution < -0.4 is 4.74 Å². The van der Waals surface area contributed by atoms with Gasteiger partial charge in [-0.2, -0.15) is 0 Å². The van der Waals surface area contributed by atoms with Crippen LogP contribution in [0.5, 0.6) is 5.75 Å². The first-order valence-electron chi connectivity index (χ1n) is 28.4. The van der Waals surface area contributed by atoms with E-state index in [4.69, 9.17) is 42.6 Å². The predicted octanol–water partition coefficient (Wildman–Crippen LogP) is 12.8. The van der Waals surface area contributed by atoms with E-state index >= 15 is 0 Å². The zero-order valence-electron chi connectivity index (χ0n) is 49.1. The van der Waals surface area contributed by atoms with Crippen LogP contribution >= 0.6 is 39.9 Å². The number of rotatable bonds is 16. The normalized spacial score (nSPS) is 23.8. The van der Waals surface area contributed by atoms with Crippen LogP contribution in [-0.2, 0) is 50.9 Å². The van der Waals surface area contributed by atoms with E-state index in [1.54, 1.807) is 12.1 Å². The minimum absolute atomic E-state index is 0. The van der Waals surface area contributed by atoms with E-state index in [1.165, 1.54) is 23.8 Å². The smallest absolute Gasteiger partial charge is 0.168 e. The molecular weight excluding hydrogens is 1220 g/mol. The summed E-state index contributed by atoms with van der Waals surface area (Å²) in [6.07, 6.45) is 13.1. The molecule has 3 aromatic rings. The van der Waals surface area contributed by atoms with Gasteiger partial charge in [0.2, 0.25) is 0 Å². The Balaban J connectivity index is 0.000000210. The first-order valence-corrected chi connectivity index (χ1v) is 32.9. The lowest BCUT2D eigenvalue weighted by molar-refractivity contribution is -0.209. The molecule has 6 fully saturated rings. The minimum Gasteiger partial charge on any atom is -0.496 e. The van der Waals surface area contributed by atoms with Crippen LogP contribution in [0.15, 0.2) is 76.8 Å². The number of halogens is 2. The lowest BCUT2D eigenvalue weighted by Gasteiger charge is -2.43. The third-order valence-electron chi connectivity index (χ3n) is 17.0. The van der Waals surface area contributed by atoms with E-state index < -0.39 is 36.5 Å². The summed E-state index contributed by atoms with van der Waals surface area (Å²) in [5.41, 5.74) is 6.42. The van der Waals surface area contributed by atoms with Gasteiger partial charge < -0.3 is 58.0 Å². The van der Waals surface area contributed by atoms with Gasteiger partial charge in [-0.15, -0.1) is 24.0 Å². The summed E-state index contributed by atoms with van der Waals surface area (Å²) in [5, 5.41) is 32.5. The Morgan fingerprint density at radius 3 is 1.66 bits per heavy atom. The fourth-order valence-electron chi connectivity index (χ4n) is 11.1. The highest BCUT2D eigenvalue weighted by Crippen LogP contribution is 2.46. The molecule has 3 spiro atoms. The standard InChI is InChI=1S/C25H42O5Si.C19H24O4.C11H18O3.C8H7BrO2.HI/c1-20-6-7-22(17-23(20)18-28-19-27-14-15-31(3,4)5)16-21(2)24(26)8-10-25(11-9-24)29-12-13-30-25;1-14-3-4-16(12-17(14)13-20)11-15(2)18(21)5-7-19(8-6-18)22-9-10-23-19;1-9(2)10(12)3-5-11(6-4-10)13-7-8-14-11;1-11-8-3-2-7(9)4-6(8)5-10;/h6-7,17,21,26H,8-16,18-19H2,1-5H3;3-4,11-13,21H,5-10H2,1-2H3;12H,1,3-8H2,2H3;2-5H,1H3;1H/b;15-11+;;;.